The van der Waals surface area contributed by atoms with Crippen molar-refractivity contribution >= 4 is 72.4 Å². The maximum absolute atomic E-state index is 13.6. The van der Waals surface area contributed by atoms with Gasteiger partial charge in [-0.3, -0.25) is 29.1 Å². The van der Waals surface area contributed by atoms with E-state index >= 15 is 0 Å². The molecule has 0 saturated heterocycles. The Hall–Kier alpha value is -6.74. The third-order valence-corrected chi connectivity index (χ3v) is 19.5. The number of aliphatic hydroxyl groups is 1. The molecule has 6 heterocycles. The summed E-state index contributed by atoms with van der Waals surface area (Å²) in [5.41, 5.74) is 5.62. The first-order valence-electron chi connectivity index (χ1n) is 35.2. The zero-order valence-electron chi connectivity index (χ0n) is 61.0. The first kappa shape index (κ1) is 64.9. The minimum Gasteiger partial charge on any atom is -0.481 e. The van der Waals surface area contributed by atoms with Gasteiger partial charge in [-0.15, -0.1) is 0 Å². The Morgan fingerprint density at radius 3 is 1.39 bits per heavy atom. The number of benzene rings is 1. The van der Waals surface area contributed by atoms with E-state index in [0.717, 1.165) is 44.7 Å². The quantitative estimate of drug-likeness (QED) is 0.0300. The van der Waals surface area contributed by atoms with E-state index < -0.39 is 130 Å². The van der Waals surface area contributed by atoms with Crippen molar-refractivity contribution < 1.29 is 106 Å². The molecule has 0 amide bonds. The highest BCUT2D eigenvalue weighted by molar-refractivity contribution is 14.1. The summed E-state index contributed by atoms with van der Waals surface area (Å²) in [5.74, 6) is -17.9. The molecule has 31 heteroatoms. The molecule has 532 valence electrons. The number of pyridine rings is 2. The topological polar surface area (TPSA) is 269 Å². The van der Waals surface area contributed by atoms with Gasteiger partial charge in [-0.25, -0.2) is 48.7 Å². The second-order valence-corrected chi connectivity index (χ2v) is 27.6. The summed E-state index contributed by atoms with van der Waals surface area (Å²) in [7, 11) is -4.52. The fourth-order valence-electron chi connectivity index (χ4n) is 11.9. The molecule has 0 unspecified atom stereocenters. The minimum absolute atomic E-state index is 0.0130. The van der Waals surface area contributed by atoms with E-state index in [-0.39, 0.29) is 138 Å². The predicted molar refractivity (Wildman–Crippen MR) is 345 cm³/mol. The number of aromatic nitrogens is 6. The molecule has 0 aliphatic heterocycles. The van der Waals surface area contributed by atoms with Crippen LogP contribution in [0, 0.1) is 71.0 Å². The van der Waals surface area contributed by atoms with Gasteiger partial charge in [-0.2, -0.15) is 8.42 Å². The number of nitrogens with zero attached hydrogens (tertiary/aromatic N) is 7. The standard InChI is InChI=1S/C20H21F2N3O3.C19H20F2IN3O.C13H15F2NO5S.C7H10F2O2.C7H12F2O/c1-11-17(12(2)28-24-11)14-7-16-18(23-8-14)15(19(26)27)10-25(16)9-13-3-5-20(21,22)6-4-13;1-11-17(12(2)26-24-11)14-7-16-18(23-8-14)15(22)10-25(16)9-13-3-5-19(20,21)6-4-13;14-13(15)7-5-10(6-8-13)9-21-22(19,20)12-3-1-11(2-4-12)16(17)18;8-7(9)3-1-5(2-4-7)6(10)11;8-7(9)3-1-6(5-10)2-4-7/h7-8,10,13H,3-6,9H2,1-2H3,(H,26,27);7-8,10,13H,3-6,9H2,1-2H3;1-4,10H,5-9H2;5H,1-4H2,(H,10,11);6,10H,1-5H2/i3*9D2;;5D2. The molecular formula is C66H78F10IN7O12S. The smallest absolute Gasteiger partial charge is 0.339 e. The molecule has 0 bridgehead atoms. The summed E-state index contributed by atoms with van der Waals surface area (Å²) in [6.07, 6.45) is 2.95. The number of non-ortho nitro benzene ring substituents is 1. The van der Waals surface area contributed by atoms with Crippen LogP contribution in [0.3, 0.4) is 0 Å². The monoisotopic (exact) mass is 1520 g/mol. The first-order valence-corrected chi connectivity index (χ1v) is 33.7. The molecule has 5 fully saturated rings. The van der Waals surface area contributed by atoms with Crippen molar-refractivity contribution in [1.82, 2.24) is 29.4 Å². The largest absolute Gasteiger partial charge is 0.481 e. The molecule has 5 saturated carbocycles. The number of halogens is 11. The molecule has 5 aliphatic carbocycles. The summed E-state index contributed by atoms with van der Waals surface area (Å²) in [6, 6.07) is 7.29. The summed E-state index contributed by atoms with van der Waals surface area (Å²) in [6.45, 7) is -1.60. The van der Waals surface area contributed by atoms with Gasteiger partial charge < -0.3 is 33.5 Å². The third kappa shape index (κ3) is 20.7. The van der Waals surface area contributed by atoms with E-state index in [2.05, 4.69) is 47.1 Å². The van der Waals surface area contributed by atoms with Gasteiger partial charge in [0.15, 0.2) is 0 Å². The van der Waals surface area contributed by atoms with E-state index in [9.17, 15) is 77.1 Å². The lowest BCUT2D eigenvalue weighted by atomic mass is 9.87. The number of carbonyl (C=O) groups is 2. The van der Waals surface area contributed by atoms with Crippen molar-refractivity contribution in [2.75, 3.05) is 13.1 Å². The van der Waals surface area contributed by atoms with Crippen LogP contribution in [-0.2, 0) is 32.1 Å². The van der Waals surface area contributed by atoms with E-state index in [0.29, 0.717) is 39.4 Å². The van der Waals surface area contributed by atoms with Crippen LogP contribution in [0.25, 0.3) is 44.3 Å². The number of fused-ring (bicyclic) bond motifs is 2. The number of nitro groups is 1. The molecule has 6 aromatic heterocycles. The second kappa shape index (κ2) is 31.6. The summed E-state index contributed by atoms with van der Waals surface area (Å²) >= 11 is 2.13. The van der Waals surface area contributed by atoms with E-state index in [1.807, 2.05) is 19.9 Å². The van der Waals surface area contributed by atoms with Crippen LogP contribution in [0.2, 0.25) is 0 Å². The van der Waals surface area contributed by atoms with Crippen LogP contribution in [0.5, 0.6) is 0 Å². The molecule has 3 N–H and O–H groups in total. The maximum atomic E-state index is 13.6. The Morgan fingerprint density at radius 2 is 1.01 bits per heavy atom. The molecule has 0 spiro atoms. The number of aromatic carboxylic acids is 1. The van der Waals surface area contributed by atoms with E-state index in [1.54, 1.807) is 36.9 Å². The number of aliphatic carboxylic acids is 1. The molecule has 97 heavy (non-hydrogen) atoms. The minimum atomic E-state index is -4.52. The van der Waals surface area contributed by atoms with Gasteiger partial charge in [0.1, 0.15) is 28.1 Å². The lowest BCUT2D eigenvalue weighted by molar-refractivity contribution is -0.384. The highest BCUT2D eigenvalue weighted by Crippen LogP contribution is 2.42. The summed E-state index contributed by atoms with van der Waals surface area (Å²) < 4.78 is 238. The summed E-state index contributed by atoms with van der Waals surface area (Å²) in [5, 5.41) is 45.4. The van der Waals surface area contributed by atoms with Gasteiger partial charge in [-0.1, -0.05) is 10.3 Å². The van der Waals surface area contributed by atoms with E-state index in [4.69, 9.17) is 30.2 Å². The Bertz CT molecular complexity index is 4300. The third-order valence-electron chi connectivity index (χ3n) is 17.5. The molecule has 12 rings (SSSR count). The zero-order chi connectivity index (χ0) is 78.2. The maximum Gasteiger partial charge on any atom is 0.339 e. The number of aryl methyl sites for hydroxylation is 4. The van der Waals surface area contributed by atoms with Gasteiger partial charge in [0.25, 0.3) is 15.8 Å². The first-order chi connectivity index (χ1) is 48.4. The number of nitro benzene ring substituents is 1. The predicted octanol–water partition coefficient (Wildman–Crippen LogP) is 17.4. The number of alkyl halides is 10. The van der Waals surface area contributed by atoms with Crippen LogP contribution < -0.4 is 0 Å². The van der Waals surface area contributed by atoms with Crippen molar-refractivity contribution in [3.63, 3.8) is 0 Å². The average Bonchev–Trinajstić information content (AvgIpc) is 1.61. The fraction of sp³-hybridized carbons (Fsp3) is 0.576. The van der Waals surface area contributed by atoms with Crippen LogP contribution in [-0.4, -0.2) is 113 Å². The van der Waals surface area contributed by atoms with Crippen LogP contribution in [0.1, 0.15) is 173 Å². The van der Waals surface area contributed by atoms with Crippen LogP contribution in [0.15, 0.2) is 75.1 Å². The molecule has 0 atom stereocenters. The Kier molecular flexibility index (Phi) is 21.2. The normalized spacial score (nSPS) is 21.5. The van der Waals surface area contributed by atoms with Crippen molar-refractivity contribution in [1.29, 1.82) is 0 Å². The average molecular weight is 1520 g/mol. The van der Waals surface area contributed by atoms with Crippen molar-refractivity contribution in [3.8, 4) is 22.3 Å². The fourth-order valence-corrected chi connectivity index (χ4v) is 13.4. The Labute approximate surface area is 577 Å². The van der Waals surface area contributed by atoms with Gasteiger partial charge in [-0.05, 0) is 162 Å². The number of hydrogen-bond acceptors (Lipinski definition) is 14. The second-order valence-electron chi connectivity index (χ2n) is 24.9. The number of carboxylic acids is 2. The molecule has 5 aliphatic rings. The van der Waals surface area contributed by atoms with Crippen molar-refractivity contribution in [3.05, 3.63) is 103 Å². The lowest BCUT2D eigenvalue weighted by Crippen LogP contribution is -2.28. The SMILES string of the molecule is O=C(O)C1CCC(F)(F)CC1.[2H]C([2H])(C1CCC(F)(F)CC1)n1cc(C(=O)O)c2ncc(-c3c(C)noc3C)cc21.[2H]C([2H])(C1CCC(F)(F)CC1)n1cc(I)c2ncc(-c3c(C)noc3C)cc21.[2H]C([2H])(O)C1CCC(F)(F)CC1.[2H]C([2H])(OS(=O)(=O)c1ccc([N+](=O)[O-])cc1)C1CCC(F)(F)CC1. The molecule has 7 aromatic rings. The van der Waals surface area contributed by atoms with E-state index in [1.165, 1.54) is 17.0 Å². The number of carboxylic acid groups (broad SMARTS) is 2. The van der Waals surface area contributed by atoms with Gasteiger partial charge >= 0.3 is 11.9 Å². The van der Waals surface area contributed by atoms with Crippen molar-refractivity contribution in [2.24, 2.45) is 29.6 Å². The van der Waals surface area contributed by atoms with Crippen molar-refractivity contribution in [2.45, 2.75) is 204 Å². The lowest BCUT2D eigenvalue weighted by Gasteiger charge is -2.28. The molecule has 19 nitrogen and oxygen atoms in total. The highest BCUT2D eigenvalue weighted by atomic mass is 127. The highest BCUT2D eigenvalue weighted by Gasteiger charge is 2.40. The molecule has 1 aromatic carbocycles. The van der Waals surface area contributed by atoms with Gasteiger partial charge in [0.05, 0.1) is 59.3 Å². The van der Waals surface area contributed by atoms with Crippen LogP contribution in [0.4, 0.5) is 49.6 Å². The van der Waals surface area contributed by atoms with Crippen LogP contribution >= 0.6 is 22.6 Å². The zero-order valence-corrected chi connectivity index (χ0v) is 56.0. The summed E-state index contributed by atoms with van der Waals surface area (Å²) in [4.78, 5) is 40.3. The Balaban J connectivity index is 0.000000174. The van der Waals surface area contributed by atoms with Gasteiger partial charge in [0, 0.05) is 143 Å². The molecular weight excluding hydrogens is 1430 g/mol. The number of hydrogen-bond donors (Lipinski definition) is 3. The molecule has 0 radical (unpaired) electrons. The number of rotatable bonds is 14. The van der Waals surface area contributed by atoms with Gasteiger partial charge in [0.2, 0.25) is 29.6 Å². The Morgan fingerprint density at radius 1 is 0.629 bits per heavy atom.